The van der Waals surface area contributed by atoms with Crippen molar-refractivity contribution in [3.8, 4) is 0 Å². The summed E-state index contributed by atoms with van der Waals surface area (Å²) < 4.78 is 0. The highest BCUT2D eigenvalue weighted by Gasteiger charge is 2.26. The van der Waals surface area contributed by atoms with E-state index in [1.807, 2.05) is 0 Å². The Morgan fingerprint density at radius 2 is 2.30 bits per heavy atom. The van der Waals surface area contributed by atoms with Crippen LogP contribution in [-0.2, 0) is 0 Å². The maximum Gasteiger partial charge on any atom is 0.0745 e. The molecule has 0 aromatic heterocycles. The maximum atomic E-state index is 6.90. The van der Waals surface area contributed by atoms with Crippen molar-refractivity contribution in [1.82, 2.24) is 0 Å². The summed E-state index contributed by atoms with van der Waals surface area (Å²) in [6.45, 7) is 0. The Hall–Kier alpha value is -0.110. The van der Waals surface area contributed by atoms with E-state index in [-0.39, 0.29) is 6.04 Å². The molecule has 2 nitrogen and oxygen atoms in total. The Morgan fingerprint density at radius 3 is 2.60 bits per heavy atom. The third-order valence-electron chi connectivity index (χ3n) is 2.26. The second-order valence-corrected chi connectivity index (χ2v) is 3.24. The summed E-state index contributed by atoms with van der Waals surface area (Å²) in [6.07, 6.45) is 4.71. The van der Waals surface area contributed by atoms with Gasteiger partial charge in [0.2, 0.25) is 0 Å². The minimum atomic E-state index is 0.228. The number of rotatable bonds is 4. The monoisotopic (exact) mass is 160 g/mol. The van der Waals surface area contributed by atoms with Crippen molar-refractivity contribution in [2.24, 2.45) is 11.0 Å². The fourth-order valence-corrected chi connectivity index (χ4v) is 1.57. The first-order chi connectivity index (χ1) is 4.88. The third-order valence-corrected chi connectivity index (χ3v) is 2.48. The second-order valence-electron chi connectivity index (χ2n) is 2.87. The molecule has 0 spiro atoms. The second kappa shape index (κ2) is 3.91. The van der Waals surface area contributed by atoms with Crippen LogP contribution < -0.4 is 0 Å². The molecule has 1 saturated carbocycles. The van der Waals surface area contributed by atoms with Crippen LogP contribution in [-0.4, -0.2) is 11.9 Å². The van der Waals surface area contributed by atoms with Gasteiger partial charge in [-0.15, -0.1) is 11.6 Å². The van der Waals surface area contributed by atoms with Crippen LogP contribution in [0.25, 0.3) is 0 Å². The molecule has 1 aliphatic rings. The van der Waals surface area contributed by atoms with E-state index in [2.05, 4.69) is 5.11 Å². The van der Waals surface area contributed by atoms with E-state index in [1.165, 1.54) is 19.3 Å². The van der Waals surface area contributed by atoms with Gasteiger partial charge < -0.3 is 0 Å². The van der Waals surface area contributed by atoms with E-state index >= 15 is 0 Å². The highest BCUT2D eigenvalue weighted by molar-refractivity contribution is 6.17. The van der Waals surface area contributed by atoms with E-state index in [1.54, 1.807) is 0 Å². The molecule has 1 atom stereocenters. The summed E-state index contributed by atoms with van der Waals surface area (Å²) in [4.78, 5) is 0. The van der Waals surface area contributed by atoms with E-state index in [0.717, 1.165) is 6.42 Å². The zero-order valence-corrected chi connectivity index (χ0v) is 6.77. The van der Waals surface area contributed by atoms with Crippen molar-refractivity contribution in [1.29, 1.82) is 5.53 Å². The summed E-state index contributed by atoms with van der Waals surface area (Å²) >= 11 is 5.56. The predicted molar refractivity (Wildman–Crippen MR) is 41.6 cm³/mol. The van der Waals surface area contributed by atoms with Crippen LogP contribution in [0.5, 0.6) is 0 Å². The zero-order chi connectivity index (χ0) is 7.40. The highest BCUT2D eigenvalue weighted by atomic mass is 35.5. The van der Waals surface area contributed by atoms with Gasteiger partial charge in [0.25, 0.3) is 0 Å². The SMILES string of the molecule is N=NC(CCCl)C1CCC1. The fraction of sp³-hybridized carbons (Fsp3) is 1.00. The van der Waals surface area contributed by atoms with Gasteiger partial charge in [0.05, 0.1) is 6.04 Å². The van der Waals surface area contributed by atoms with Gasteiger partial charge in [-0.25, -0.2) is 5.53 Å². The Morgan fingerprint density at radius 1 is 1.60 bits per heavy atom. The molecule has 0 bridgehead atoms. The average molecular weight is 161 g/mol. The molecule has 1 fully saturated rings. The van der Waals surface area contributed by atoms with Crippen molar-refractivity contribution in [3.63, 3.8) is 0 Å². The predicted octanol–water partition coefficient (Wildman–Crippen LogP) is 2.81. The molecule has 0 radical (unpaired) electrons. The van der Waals surface area contributed by atoms with Crippen LogP contribution in [0.2, 0.25) is 0 Å². The first-order valence-corrected chi connectivity index (χ1v) is 4.34. The highest BCUT2D eigenvalue weighted by Crippen LogP contribution is 2.32. The topological polar surface area (TPSA) is 36.2 Å². The Bertz CT molecular complexity index is 112. The van der Waals surface area contributed by atoms with Crippen LogP contribution in [0.3, 0.4) is 0 Å². The number of alkyl halides is 1. The van der Waals surface area contributed by atoms with E-state index < -0.39 is 0 Å². The van der Waals surface area contributed by atoms with Gasteiger partial charge >= 0.3 is 0 Å². The number of nitrogens with zero attached hydrogens (tertiary/aromatic N) is 1. The van der Waals surface area contributed by atoms with Crippen molar-refractivity contribution >= 4 is 11.6 Å². The average Bonchev–Trinajstić information content (AvgIpc) is 1.83. The van der Waals surface area contributed by atoms with Crippen molar-refractivity contribution in [2.45, 2.75) is 31.7 Å². The minimum absolute atomic E-state index is 0.228. The zero-order valence-electron chi connectivity index (χ0n) is 6.02. The summed E-state index contributed by atoms with van der Waals surface area (Å²) in [6, 6.07) is 0.228. The summed E-state index contributed by atoms with van der Waals surface area (Å²) in [7, 11) is 0. The number of halogens is 1. The van der Waals surface area contributed by atoms with E-state index in [0.29, 0.717) is 11.8 Å². The first-order valence-electron chi connectivity index (χ1n) is 3.81. The smallest absolute Gasteiger partial charge is 0.0745 e. The molecule has 0 aromatic carbocycles. The van der Waals surface area contributed by atoms with Gasteiger partial charge in [-0.1, -0.05) is 6.42 Å². The third kappa shape index (κ3) is 1.69. The largest absolute Gasteiger partial charge is 0.210 e. The lowest BCUT2D eigenvalue weighted by atomic mass is 9.79. The lowest BCUT2D eigenvalue weighted by Crippen LogP contribution is -2.25. The molecule has 0 aliphatic heterocycles. The van der Waals surface area contributed by atoms with Crippen molar-refractivity contribution < 1.29 is 0 Å². The molecule has 0 aromatic rings. The quantitative estimate of drug-likeness (QED) is 0.485. The van der Waals surface area contributed by atoms with E-state index in [9.17, 15) is 0 Å². The molecule has 1 unspecified atom stereocenters. The van der Waals surface area contributed by atoms with Gasteiger partial charge in [0.15, 0.2) is 0 Å². The minimum Gasteiger partial charge on any atom is -0.210 e. The van der Waals surface area contributed by atoms with Crippen molar-refractivity contribution in [3.05, 3.63) is 0 Å². The standard InChI is InChI=1S/C7H13ClN2/c8-5-4-7(10-9)6-2-1-3-6/h6-7,9H,1-5H2. The van der Waals surface area contributed by atoms with Crippen LogP contribution in [0.15, 0.2) is 5.11 Å². The normalized spacial score (nSPS) is 21.7. The first kappa shape index (κ1) is 7.99. The van der Waals surface area contributed by atoms with Gasteiger partial charge in [0, 0.05) is 5.88 Å². The van der Waals surface area contributed by atoms with Gasteiger partial charge in [0.1, 0.15) is 0 Å². The lowest BCUT2D eigenvalue weighted by molar-refractivity contribution is 0.251. The molecule has 58 valence electrons. The fourth-order valence-electron chi connectivity index (χ4n) is 1.34. The Labute approximate surface area is 66.5 Å². The van der Waals surface area contributed by atoms with E-state index in [4.69, 9.17) is 17.1 Å². The molecular weight excluding hydrogens is 148 g/mol. The summed E-state index contributed by atoms with van der Waals surface area (Å²) in [5, 5.41) is 3.57. The van der Waals surface area contributed by atoms with Crippen LogP contribution in [0.4, 0.5) is 0 Å². The molecule has 1 N–H and O–H groups in total. The summed E-state index contributed by atoms with van der Waals surface area (Å²) in [5.74, 6) is 1.32. The van der Waals surface area contributed by atoms with Crippen molar-refractivity contribution in [2.75, 3.05) is 5.88 Å². The Balaban J connectivity index is 2.24. The lowest BCUT2D eigenvalue weighted by Gasteiger charge is -2.29. The molecule has 1 aliphatic carbocycles. The van der Waals surface area contributed by atoms with Crippen LogP contribution >= 0.6 is 11.6 Å². The van der Waals surface area contributed by atoms with Crippen LogP contribution in [0.1, 0.15) is 25.7 Å². The van der Waals surface area contributed by atoms with Gasteiger partial charge in [-0.3, -0.25) is 0 Å². The number of hydrogen-bond donors (Lipinski definition) is 1. The molecular formula is C7H13ClN2. The van der Waals surface area contributed by atoms with Gasteiger partial charge in [-0.2, -0.15) is 5.11 Å². The molecule has 0 saturated heterocycles. The molecule has 3 heteroatoms. The summed E-state index contributed by atoms with van der Waals surface area (Å²) in [5.41, 5.74) is 6.90. The number of nitrogens with one attached hydrogen (secondary N) is 1. The molecule has 1 rings (SSSR count). The maximum absolute atomic E-state index is 6.90. The number of hydrogen-bond acceptors (Lipinski definition) is 2. The Kier molecular flexibility index (Phi) is 3.13. The molecule has 0 heterocycles. The molecule has 0 amide bonds. The van der Waals surface area contributed by atoms with Gasteiger partial charge in [-0.05, 0) is 25.2 Å². The molecule has 10 heavy (non-hydrogen) atoms. The van der Waals surface area contributed by atoms with Crippen LogP contribution in [0, 0.1) is 11.4 Å².